The average molecular weight is 246 g/mol. The molecule has 2 nitrogen and oxygen atoms in total. The van der Waals surface area contributed by atoms with Crippen molar-refractivity contribution in [1.29, 1.82) is 0 Å². The van der Waals surface area contributed by atoms with Crippen molar-refractivity contribution in [2.75, 3.05) is 13.2 Å². The Bertz CT molecular complexity index is 484. The number of fused-ring (bicyclic) bond motifs is 1. The Kier molecular flexibility index (Phi) is 3.49. The van der Waals surface area contributed by atoms with Crippen LogP contribution in [0.3, 0.4) is 0 Å². The topological polar surface area (TPSA) is 29.5 Å². The van der Waals surface area contributed by atoms with Gasteiger partial charge in [-0.15, -0.1) is 0 Å². The second-order valence-corrected chi connectivity index (χ2v) is 5.61. The number of rotatable bonds is 3. The van der Waals surface area contributed by atoms with Crippen molar-refractivity contribution in [1.82, 2.24) is 0 Å². The van der Waals surface area contributed by atoms with E-state index in [2.05, 4.69) is 32.9 Å². The van der Waals surface area contributed by atoms with Crippen molar-refractivity contribution in [3.05, 3.63) is 34.9 Å². The maximum Gasteiger partial charge on any atom is 0.126 e. The first-order valence-corrected chi connectivity index (χ1v) is 6.57. The zero-order valence-corrected chi connectivity index (χ0v) is 11.7. The number of aliphatic hydroxyl groups is 1. The van der Waals surface area contributed by atoms with Gasteiger partial charge >= 0.3 is 0 Å². The quantitative estimate of drug-likeness (QED) is 0.886. The van der Waals surface area contributed by atoms with Gasteiger partial charge in [-0.05, 0) is 42.2 Å². The van der Waals surface area contributed by atoms with Crippen LogP contribution >= 0.6 is 0 Å². The molecule has 0 atom stereocenters. The van der Waals surface area contributed by atoms with E-state index in [4.69, 9.17) is 9.84 Å². The summed E-state index contributed by atoms with van der Waals surface area (Å²) in [4.78, 5) is 0. The molecule has 0 saturated heterocycles. The van der Waals surface area contributed by atoms with E-state index in [-0.39, 0.29) is 12.0 Å². The Balaban J connectivity index is 2.57. The zero-order chi connectivity index (χ0) is 13.3. The third-order valence-corrected chi connectivity index (χ3v) is 3.71. The maximum absolute atomic E-state index is 9.02. The first-order valence-electron chi connectivity index (χ1n) is 6.57. The molecular formula is C16H22O2. The summed E-state index contributed by atoms with van der Waals surface area (Å²) in [5.41, 5.74) is 4.95. The first-order chi connectivity index (χ1) is 8.49. The molecule has 2 heteroatoms. The van der Waals surface area contributed by atoms with E-state index in [1.165, 1.54) is 16.7 Å². The summed E-state index contributed by atoms with van der Waals surface area (Å²) < 4.78 is 5.86. The molecule has 1 aromatic rings. The van der Waals surface area contributed by atoms with Crippen molar-refractivity contribution < 1.29 is 9.84 Å². The van der Waals surface area contributed by atoms with Crippen molar-refractivity contribution in [2.24, 2.45) is 0 Å². The van der Waals surface area contributed by atoms with Gasteiger partial charge in [-0.2, -0.15) is 0 Å². The minimum Gasteiger partial charge on any atom is -0.492 e. The molecule has 18 heavy (non-hydrogen) atoms. The lowest BCUT2D eigenvalue weighted by Gasteiger charge is -2.17. The minimum absolute atomic E-state index is 0.0781. The normalized spacial score (nSPS) is 17.5. The molecule has 0 radical (unpaired) electrons. The molecule has 0 spiro atoms. The van der Waals surface area contributed by atoms with Crippen molar-refractivity contribution in [3.8, 4) is 5.75 Å². The molecule has 1 aliphatic heterocycles. The van der Waals surface area contributed by atoms with Gasteiger partial charge in [0.05, 0.1) is 13.2 Å². The lowest BCUT2D eigenvalue weighted by molar-refractivity contribution is 0.289. The Morgan fingerprint density at radius 2 is 2.17 bits per heavy atom. The molecule has 0 aliphatic carbocycles. The second kappa shape index (κ2) is 4.77. The SMILES string of the molecule is CCc1cc(/C(C)=C\CO)cc2c1OCC2(C)C. The van der Waals surface area contributed by atoms with Crippen LogP contribution in [-0.4, -0.2) is 18.3 Å². The number of hydrogen-bond acceptors (Lipinski definition) is 2. The molecule has 0 bridgehead atoms. The van der Waals surface area contributed by atoms with E-state index in [9.17, 15) is 0 Å². The maximum atomic E-state index is 9.02. The van der Waals surface area contributed by atoms with E-state index in [1.54, 1.807) is 0 Å². The van der Waals surface area contributed by atoms with Crippen LogP contribution in [0.1, 0.15) is 44.4 Å². The van der Waals surface area contributed by atoms with E-state index >= 15 is 0 Å². The van der Waals surface area contributed by atoms with E-state index in [0.717, 1.165) is 24.4 Å². The fourth-order valence-corrected chi connectivity index (χ4v) is 2.44. The van der Waals surface area contributed by atoms with Gasteiger partial charge in [-0.1, -0.05) is 26.8 Å². The molecule has 0 unspecified atom stereocenters. The van der Waals surface area contributed by atoms with Gasteiger partial charge in [0.2, 0.25) is 0 Å². The van der Waals surface area contributed by atoms with Crippen molar-refractivity contribution in [3.63, 3.8) is 0 Å². The van der Waals surface area contributed by atoms with Crippen molar-refractivity contribution >= 4 is 5.57 Å². The van der Waals surface area contributed by atoms with Crippen LogP contribution in [0.5, 0.6) is 5.75 Å². The van der Waals surface area contributed by atoms with Gasteiger partial charge in [0.15, 0.2) is 0 Å². The second-order valence-electron chi connectivity index (χ2n) is 5.61. The fourth-order valence-electron chi connectivity index (χ4n) is 2.44. The summed E-state index contributed by atoms with van der Waals surface area (Å²) >= 11 is 0. The van der Waals surface area contributed by atoms with E-state index in [0.29, 0.717) is 0 Å². The summed E-state index contributed by atoms with van der Waals surface area (Å²) in [5.74, 6) is 1.07. The minimum atomic E-state index is 0.0781. The lowest BCUT2D eigenvalue weighted by Crippen LogP contribution is -2.18. The van der Waals surface area contributed by atoms with Crippen LogP contribution in [0.2, 0.25) is 0 Å². The molecule has 0 aromatic heterocycles. The van der Waals surface area contributed by atoms with E-state index in [1.807, 2.05) is 13.0 Å². The number of aryl methyl sites for hydroxylation is 1. The van der Waals surface area contributed by atoms with Gasteiger partial charge in [-0.25, -0.2) is 0 Å². The molecule has 1 aromatic carbocycles. The summed E-state index contributed by atoms with van der Waals surface area (Å²) in [6.07, 6.45) is 2.82. The number of hydrogen-bond donors (Lipinski definition) is 1. The highest BCUT2D eigenvalue weighted by atomic mass is 16.5. The summed E-state index contributed by atoms with van der Waals surface area (Å²) in [5, 5.41) is 9.02. The van der Waals surface area contributed by atoms with Gasteiger partial charge in [0.1, 0.15) is 5.75 Å². The van der Waals surface area contributed by atoms with Gasteiger partial charge in [0, 0.05) is 11.0 Å². The molecule has 0 amide bonds. The molecular weight excluding hydrogens is 224 g/mol. The van der Waals surface area contributed by atoms with Crippen LogP contribution in [0.15, 0.2) is 18.2 Å². The molecule has 0 fully saturated rings. The highest BCUT2D eigenvalue weighted by Gasteiger charge is 2.33. The van der Waals surface area contributed by atoms with Crippen molar-refractivity contribution in [2.45, 2.75) is 39.5 Å². The third kappa shape index (κ3) is 2.17. The van der Waals surface area contributed by atoms with Gasteiger partial charge < -0.3 is 9.84 Å². The van der Waals surface area contributed by atoms with Crippen LogP contribution < -0.4 is 4.74 Å². The zero-order valence-electron chi connectivity index (χ0n) is 11.7. The highest BCUT2D eigenvalue weighted by Crippen LogP contribution is 2.42. The lowest BCUT2D eigenvalue weighted by atomic mass is 9.84. The summed E-state index contributed by atoms with van der Waals surface area (Å²) in [7, 11) is 0. The monoisotopic (exact) mass is 246 g/mol. The molecule has 1 aliphatic rings. The number of benzene rings is 1. The summed E-state index contributed by atoms with van der Waals surface area (Å²) in [6.45, 7) is 9.46. The first kappa shape index (κ1) is 13.2. The smallest absolute Gasteiger partial charge is 0.126 e. The van der Waals surface area contributed by atoms with Crippen LogP contribution in [0.4, 0.5) is 0 Å². The molecule has 2 rings (SSSR count). The third-order valence-electron chi connectivity index (χ3n) is 3.71. The summed E-state index contributed by atoms with van der Waals surface area (Å²) in [6, 6.07) is 4.39. The largest absolute Gasteiger partial charge is 0.492 e. The number of ether oxygens (including phenoxy) is 1. The molecule has 1 heterocycles. The fraction of sp³-hybridized carbons (Fsp3) is 0.500. The highest BCUT2D eigenvalue weighted by molar-refractivity contribution is 5.68. The van der Waals surface area contributed by atoms with Gasteiger partial charge in [-0.3, -0.25) is 0 Å². The van der Waals surface area contributed by atoms with Crippen LogP contribution in [0, 0.1) is 0 Å². The van der Waals surface area contributed by atoms with Gasteiger partial charge in [0.25, 0.3) is 0 Å². The molecule has 1 N–H and O–H groups in total. The number of aliphatic hydroxyl groups excluding tert-OH is 1. The predicted molar refractivity (Wildman–Crippen MR) is 75.1 cm³/mol. The Hall–Kier alpha value is -1.28. The van der Waals surface area contributed by atoms with Crippen LogP contribution in [0.25, 0.3) is 5.57 Å². The number of allylic oxidation sites excluding steroid dienone is 1. The molecule has 98 valence electrons. The Morgan fingerprint density at radius 1 is 1.44 bits per heavy atom. The van der Waals surface area contributed by atoms with E-state index < -0.39 is 0 Å². The van der Waals surface area contributed by atoms with Crippen LogP contribution in [-0.2, 0) is 11.8 Å². The Labute approximate surface area is 109 Å². The molecule has 0 saturated carbocycles. The standard InChI is InChI=1S/C16H22O2/c1-5-12-8-13(11(2)6-7-17)9-14-15(12)18-10-16(14,3)4/h6,8-9,17H,5,7,10H2,1-4H3/b11-6-. The Morgan fingerprint density at radius 3 is 2.78 bits per heavy atom. The average Bonchev–Trinajstić information content (AvgIpc) is 2.65. The predicted octanol–water partition coefficient (Wildman–Crippen LogP) is 3.31.